The number of amides is 2. The first-order chi connectivity index (χ1) is 11.0. The topological polar surface area (TPSA) is 49.4 Å². The Hall–Kier alpha value is -2.21. The zero-order valence-electron chi connectivity index (χ0n) is 13.1. The van der Waals surface area contributed by atoms with Gasteiger partial charge in [0.15, 0.2) is 0 Å². The molecular formula is C17H19FN2O2S. The first-order valence-corrected chi connectivity index (χ1v) is 8.23. The molecule has 0 saturated heterocycles. The molecule has 4 nitrogen and oxygen atoms in total. The van der Waals surface area contributed by atoms with Crippen LogP contribution in [0.15, 0.2) is 35.7 Å². The van der Waals surface area contributed by atoms with Gasteiger partial charge in [0.05, 0.1) is 11.4 Å². The van der Waals surface area contributed by atoms with Gasteiger partial charge in [0, 0.05) is 13.1 Å². The van der Waals surface area contributed by atoms with E-state index in [0.29, 0.717) is 18.0 Å². The van der Waals surface area contributed by atoms with Gasteiger partial charge in [-0.15, -0.1) is 11.3 Å². The fourth-order valence-electron chi connectivity index (χ4n) is 2.09. The van der Waals surface area contributed by atoms with Crippen LogP contribution in [0.3, 0.4) is 0 Å². The smallest absolute Gasteiger partial charge is 0.264 e. The van der Waals surface area contributed by atoms with E-state index in [1.807, 2.05) is 25.3 Å². The van der Waals surface area contributed by atoms with E-state index in [2.05, 4.69) is 5.32 Å². The average molecular weight is 334 g/mol. The summed E-state index contributed by atoms with van der Waals surface area (Å²) in [5.74, 6) is -0.676. The number of likely N-dealkylation sites (N-methyl/N-ethyl adjacent to an activating group) is 1. The van der Waals surface area contributed by atoms with Gasteiger partial charge in [0.2, 0.25) is 5.91 Å². The van der Waals surface area contributed by atoms with Gasteiger partial charge in [-0.05, 0) is 48.6 Å². The third-order valence-corrected chi connectivity index (χ3v) is 4.47. The lowest BCUT2D eigenvalue weighted by molar-refractivity contribution is -0.121. The van der Waals surface area contributed by atoms with Crippen molar-refractivity contribution in [2.45, 2.75) is 20.4 Å². The number of nitrogens with one attached hydrogen (secondary N) is 1. The molecule has 1 N–H and O–H groups in total. The monoisotopic (exact) mass is 334 g/mol. The van der Waals surface area contributed by atoms with Crippen molar-refractivity contribution in [2.24, 2.45) is 0 Å². The van der Waals surface area contributed by atoms with Gasteiger partial charge in [0.1, 0.15) is 5.82 Å². The lowest BCUT2D eigenvalue weighted by Crippen LogP contribution is -2.40. The molecule has 0 radical (unpaired) electrons. The molecule has 0 aliphatic carbocycles. The van der Waals surface area contributed by atoms with Crippen LogP contribution in [-0.4, -0.2) is 29.8 Å². The Morgan fingerprint density at radius 2 is 1.91 bits per heavy atom. The minimum Gasteiger partial charge on any atom is -0.350 e. The van der Waals surface area contributed by atoms with Crippen molar-refractivity contribution in [1.82, 2.24) is 10.2 Å². The van der Waals surface area contributed by atoms with Crippen LogP contribution in [0.1, 0.15) is 27.7 Å². The molecule has 2 aromatic rings. The summed E-state index contributed by atoms with van der Waals surface area (Å²) in [6.07, 6.45) is 0. The standard InChI is InChI=1S/C17H19FN2O2S/c1-3-20(17(22)16-12(2)8-9-23-16)11-15(21)19-10-13-4-6-14(18)7-5-13/h4-9H,3,10-11H2,1-2H3,(H,19,21). The van der Waals surface area contributed by atoms with Crippen LogP contribution in [0.5, 0.6) is 0 Å². The van der Waals surface area contributed by atoms with Crippen LogP contribution in [0, 0.1) is 12.7 Å². The van der Waals surface area contributed by atoms with Gasteiger partial charge in [-0.2, -0.15) is 0 Å². The van der Waals surface area contributed by atoms with Crippen molar-refractivity contribution in [1.29, 1.82) is 0 Å². The van der Waals surface area contributed by atoms with Gasteiger partial charge >= 0.3 is 0 Å². The maximum absolute atomic E-state index is 12.8. The molecular weight excluding hydrogens is 315 g/mol. The minimum atomic E-state index is -0.311. The lowest BCUT2D eigenvalue weighted by Gasteiger charge is -2.20. The molecule has 2 rings (SSSR count). The summed E-state index contributed by atoms with van der Waals surface area (Å²) in [5.41, 5.74) is 1.73. The molecule has 0 aliphatic heterocycles. The number of carbonyl (C=O) groups excluding carboxylic acids is 2. The highest BCUT2D eigenvalue weighted by atomic mass is 32.1. The number of thiophene rings is 1. The average Bonchev–Trinajstić information content (AvgIpc) is 2.97. The fraction of sp³-hybridized carbons (Fsp3) is 0.294. The summed E-state index contributed by atoms with van der Waals surface area (Å²) < 4.78 is 12.8. The number of benzene rings is 1. The number of rotatable bonds is 6. The molecule has 0 spiro atoms. The first-order valence-electron chi connectivity index (χ1n) is 7.35. The second-order valence-corrected chi connectivity index (χ2v) is 6.07. The van der Waals surface area contributed by atoms with E-state index >= 15 is 0 Å². The number of hydrogen-bond donors (Lipinski definition) is 1. The fourth-order valence-corrected chi connectivity index (χ4v) is 2.99. The number of halogens is 1. The van der Waals surface area contributed by atoms with Crippen LogP contribution >= 0.6 is 11.3 Å². The SMILES string of the molecule is CCN(CC(=O)NCc1ccc(F)cc1)C(=O)c1sccc1C. The number of aryl methyl sites for hydroxylation is 1. The van der Waals surface area contributed by atoms with Crippen molar-refractivity contribution in [2.75, 3.05) is 13.1 Å². The summed E-state index contributed by atoms with van der Waals surface area (Å²) in [5, 5.41) is 4.61. The van der Waals surface area contributed by atoms with Crippen LogP contribution in [0.25, 0.3) is 0 Å². The number of hydrogen-bond acceptors (Lipinski definition) is 3. The van der Waals surface area contributed by atoms with E-state index < -0.39 is 0 Å². The summed E-state index contributed by atoms with van der Waals surface area (Å²) >= 11 is 1.38. The molecule has 0 saturated carbocycles. The molecule has 0 aliphatic rings. The highest BCUT2D eigenvalue weighted by Gasteiger charge is 2.19. The third kappa shape index (κ3) is 4.63. The lowest BCUT2D eigenvalue weighted by atomic mass is 10.2. The maximum atomic E-state index is 12.8. The molecule has 1 heterocycles. The van der Waals surface area contributed by atoms with E-state index in [4.69, 9.17) is 0 Å². The molecule has 0 atom stereocenters. The Labute approximate surface area is 138 Å². The predicted octanol–water partition coefficient (Wildman–Crippen LogP) is 2.97. The molecule has 0 fully saturated rings. The Balaban J connectivity index is 1.91. The third-order valence-electron chi connectivity index (χ3n) is 3.46. The summed E-state index contributed by atoms with van der Waals surface area (Å²) in [4.78, 5) is 26.6. The molecule has 1 aromatic carbocycles. The zero-order chi connectivity index (χ0) is 16.8. The highest BCUT2D eigenvalue weighted by molar-refractivity contribution is 7.12. The Morgan fingerprint density at radius 3 is 2.48 bits per heavy atom. The van der Waals surface area contributed by atoms with Gasteiger partial charge < -0.3 is 10.2 Å². The maximum Gasteiger partial charge on any atom is 0.264 e. The molecule has 23 heavy (non-hydrogen) atoms. The summed E-state index contributed by atoms with van der Waals surface area (Å²) in [6, 6.07) is 7.83. The molecule has 122 valence electrons. The van der Waals surface area contributed by atoms with Crippen molar-refractivity contribution < 1.29 is 14.0 Å². The van der Waals surface area contributed by atoms with Crippen molar-refractivity contribution in [3.05, 3.63) is 57.5 Å². The van der Waals surface area contributed by atoms with E-state index in [1.165, 1.54) is 28.4 Å². The van der Waals surface area contributed by atoms with Crippen molar-refractivity contribution in [3.8, 4) is 0 Å². The quantitative estimate of drug-likeness (QED) is 0.883. The van der Waals surface area contributed by atoms with Crippen LogP contribution in [-0.2, 0) is 11.3 Å². The Kier molecular flexibility index (Phi) is 5.87. The van der Waals surface area contributed by atoms with Crippen LogP contribution in [0.2, 0.25) is 0 Å². The Morgan fingerprint density at radius 1 is 1.22 bits per heavy atom. The van der Waals surface area contributed by atoms with Gasteiger partial charge in [-0.25, -0.2) is 4.39 Å². The van der Waals surface area contributed by atoms with E-state index in [9.17, 15) is 14.0 Å². The molecule has 0 bridgehead atoms. The molecule has 6 heteroatoms. The molecule has 1 aromatic heterocycles. The minimum absolute atomic E-state index is 0.00781. The summed E-state index contributed by atoms with van der Waals surface area (Å²) in [6.45, 7) is 4.50. The van der Waals surface area contributed by atoms with Crippen molar-refractivity contribution in [3.63, 3.8) is 0 Å². The second-order valence-electron chi connectivity index (χ2n) is 5.16. The second kappa shape index (κ2) is 7.87. The molecule has 2 amide bonds. The van der Waals surface area contributed by atoms with E-state index in [0.717, 1.165) is 11.1 Å². The zero-order valence-corrected chi connectivity index (χ0v) is 14.0. The number of nitrogens with zero attached hydrogens (tertiary/aromatic N) is 1. The largest absolute Gasteiger partial charge is 0.350 e. The predicted molar refractivity (Wildman–Crippen MR) is 88.9 cm³/mol. The summed E-state index contributed by atoms with van der Waals surface area (Å²) in [7, 11) is 0. The van der Waals surface area contributed by atoms with Crippen LogP contribution < -0.4 is 5.32 Å². The van der Waals surface area contributed by atoms with Gasteiger partial charge in [-0.3, -0.25) is 9.59 Å². The van der Waals surface area contributed by atoms with Gasteiger partial charge in [-0.1, -0.05) is 12.1 Å². The normalized spacial score (nSPS) is 10.4. The van der Waals surface area contributed by atoms with Crippen molar-refractivity contribution >= 4 is 23.2 Å². The number of carbonyl (C=O) groups is 2. The Bertz CT molecular complexity index is 682. The van der Waals surface area contributed by atoms with Gasteiger partial charge in [0.25, 0.3) is 5.91 Å². The first kappa shape index (κ1) is 17.1. The molecule has 0 unspecified atom stereocenters. The van der Waals surface area contributed by atoms with E-state index in [-0.39, 0.29) is 24.2 Å². The highest BCUT2D eigenvalue weighted by Crippen LogP contribution is 2.17. The van der Waals surface area contributed by atoms with Crippen LogP contribution in [0.4, 0.5) is 4.39 Å². The van der Waals surface area contributed by atoms with E-state index in [1.54, 1.807) is 12.1 Å².